The van der Waals surface area contributed by atoms with Crippen molar-refractivity contribution in [3.05, 3.63) is 12.2 Å². The van der Waals surface area contributed by atoms with Crippen molar-refractivity contribution in [1.82, 2.24) is 0 Å². The number of hydrogen-bond donors (Lipinski definition) is 0. The minimum absolute atomic E-state index is 0.0789. The number of allylic oxidation sites excluding steroid dienone is 1. The lowest BCUT2D eigenvalue weighted by molar-refractivity contribution is -0.399. The number of nitrogens with zero attached hydrogens (tertiary/aromatic N) is 1. The molecule has 0 bridgehead atoms. The van der Waals surface area contributed by atoms with Crippen LogP contribution in [0.25, 0.3) is 0 Å². The van der Waals surface area contributed by atoms with Crippen LogP contribution in [0.5, 0.6) is 0 Å². The second kappa shape index (κ2) is 5.41. The molecule has 0 spiro atoms. The number of hydrogen-bond acceptors (Lipinski definition) is 3. The maximum Gasteiger partial charge on any atom is 0.473 e. The number of rotatable bonds is 5. The fourth-order valence-electron chi connectivity index (χ4n) is 0.661. The number of esters is 1. The van der Waals surface area contributed by atoms with E-state index in [-0.39, 0.29) is 12.2 Å². The van der Waals surface area contributed by atoms with Crippen LogP contribution >= 0.6 is 0 Å². The normalized spacial score (nSPS) is 13.7. The lowest BCUT2D eigenvalue weighted by Gasteiger charge is -2.30. The average molecular weight is 297 g/mol. The van der Waals surface area contributed by atoms with Crippen LogP contribution < -0.4 is 0 Å². The molecular weight excluding hydrogens is 294 g/mol. The molecule has 0 rings (SSSR count). The molecule has 0 amide bonds. The third-order valence-electron chi connectivity index (χ3n) is 1.58. The van der Waals surface area contributed by atoms with E-state index in [2.05, 4.69) is 4.74 Å². The fourth-order valence-corrected chi connectivity index (χ4v) is 0.661. The van der Waals surface area contributed by atoms with Crippen molar-refractivity contribution in [3.8, 4) is 6.07 Å². The van der Waals surface area contributed by atoms with E-state index in [9.17, 15) is 39.9 Å². The largest absolute Gasteiger partial charge is 0.473 e. The number of ether oxygens (including phenoxy) is 1. The van der Waals surface area contributed by atoms with E-state index in [1.807, 2.05) is 0 Å². The number of carbonyl (C=O) groups excluding carboxylic acids is 1. The predicted octanol–water partition coefficient (Wildman–Crippen LogP) is 2.74. The molecule has 19 heavy (non-hydrogen) atoms. The van der Waals surface area contributed by atoms with Gasteiger partial charge in [-0.2, -0.15) is 31.6 Å². The molecule has 0 heterocycles. The maximum atomic E-state index is 12.6. The van der Waals surface area contributed by atoms with Crippen LogP contribution in [0.1, 0.15) is 0 Å². The molecule has 0 aromatic rings. The Hall–Kier alpha value is -1.86. The highest BCUT2D eigenvalue weighted by Gasteiger charge is 2.78. The first-order valence-corrected chi connectivity index (χ1v) is 4.11. The summed E-state index contributed by atoms with van der Waals surface area (Å²) in [5.41, 5.74) is 0. The first-order chi connectivity index (χ1) is 8.40. The van der Waals surface area contributed by atoms with Gasteiger partial charge in [-0.3, -0.25) is 0 Å². The average Bonchev–Trinajstić information content (AvgIpc) is 2.24. The fraction of sp³-hybridized carbons (Fsp3) is 0.500. The third kappa shape index (κ3) is 3.33. The lowest BCUT2D eigenvalue weighted by atomic mass is 10.1. The monoisotopic (exact) mass is 297 g/mol. The van der Waals surface area contributed by atoms with Gasteiger partial charge in [-0.1, -0.05) is 0 Å². The van der Waals surface area contributed by atoms with Gasteiger partial charge in [0, 0.05) is 12.2 Å². The Kier molecular flexibility index (Phi) is 4.88. The quantitative estimate of drug-likeness (QED) is 0.339. The zero-order valence-electron chi connectivity index (χ0n) is 8.52. The molecule has 3 nitrogen and oxygen atoms in total. The lowest BCUT2D eigenvalue weighted by Crippen LogP contribution is -2.59. The van der Waals surface area contributed by atoms with Crippen LogP contribution in [0.2, 0.25) is 0 Å². The summed E-state index contributed by atoms with van der Waals surface area (Å²) in [4.78, 5) is 10.5. The highest BCUT2D eigenvalue weighted by Crippen LogP contribution is 2.48. The van der Waals surface area contributed by atoms with Crippen LogP contribution in [0.3, 0.4) is 0 Å². The Labute approximate surface area is 99.6 Å². The van der Waals surface area contributed by atoms with Gasteiger partial charge < -0.3 is 4.74 Å². The van der Waals surface area contributed by atoms with Gasteiger partial charge in [-0.15, -0.1) is 0 Å². The Morgan fingerprint density at radius 1 is 1.16 bits per heavy atom. The number of nitriles is 1. The molecule has 0 saturated carbocycles. The standard InChI is InChI=1S/C8H3F8NO2/c9-5(10)6(11,12)7(13,14)8(15,16)19-4(18)2-1-3-17/h1-2,5H. The molecule has 0 aliphatic carbocycles. The Morgan fingerprint density at radius 2 is 1.63 bits per heavy atom. The summed E-state index contributed by atoms with van der Waals surface area (Å²) in [5, 5.41) is 7.88. The molecule has 0 aliphatic heterocycles. The second-order valence-electron chi connectivity index (χ2n) is 2.90. The Balaban J connectivity index is 5.25. The molecule has 0 radical (unpaired) electrons. The van der Waals surface area contributed by atoms with Crippen molar-refractivity contribution in [3.63, 3.8) is 0 Å². The zero-order chi connectivity index (χ0) is 15.5. The smallest absolute Gasteiger partial charge is 0.393 e. The van der Waals surface area contributed by atoms with Crippen molar-refractivity contribution < 1.29 is 44.7 Å². The van der Waals surface area contributed by atoms with Crippen LogP contribution in [0, 0.1) is 11.3 Å². The van der Waals surface area contributed by atoms with Gasteiger partial charge >= 0.3 is 30.3 Å². The molecule has 11 heteroatoms. The minimum Gasteiger partial charge on any atom is -0.393 e. The highest BCUT2D eigenvalue weighted by atomic mass is 19.4. The topological polar surface area (TPSA) is 50.1 Å². The van der Waals surface area contributed by atoms with Crippen molar-refractivity contribution >= 4 is 5.97 Å². The van der Waals surface area contributed by atoms with Gasteiger partial charge in [-0.05, 0) is 0 Å². The highest BCUT2D eigenvalue weighted by molar-refractivity contribution is 5.82. The molecule has 0 aromatic heterocycles. The van der Waals surface area contributed by atoms with E-state index in [4.69, 9.17) is 5.26 Å². The van der Waals surface area contributed by atoms with Gasteiger partial charge in [0.15, 0.2) is 0 Å². The van der Waals surface area contributed by atoms with E-state index >= 15 is 0 Å². The number of halogens is 8. The molecule has 0 aliphatic rings. The van der Waals surface area contributed by atoms with Gasteiger partial charge in [0.1, 0.15) is 0 Å². The molecule has 0 fully saturated rings. The number of alkyl halides is 8. The first kappa shape index (κ1) is 17.1. The summed E-state index contributed by atoms with van der Waals surface area (Å²) in [6.07, 6.45) is -11.2. The summed E-state index contributed by atoms with van der Waals surface area (Å²) >= 11 is 0. The predicted molar refractivity (Wildman–Crippen MR) is 41.7 cm³/mol. The zero-order valence-corrected chi connectivity index (χ0v) is 8.52. The molecule has 0 N–H and O–H groups in total. The third-order valence-corrected chi connectivity index (χ3v) is 1.58. The van der Waals surface area contributed by atoms with E-state index in [1.165, 1.54) is 0 Å². The van der Waals surface area contributed by atoms with Gasteiger partial charge in [0.05, 0.1) is 6.07 Å². The molecular formula is C8H3F8NO2. The Morgan fingerprint density at radius 3 is 2.00 bits per heavy atom. The molecule has 0 saturated heterocycles. The number of carbonyl (C=O) groups is 1. The first-order valence-electron chi connectivity index (χ1n) is 4.11. The maximum absolute atomic E-state index is 12.6. The SMILES string of the molecule is N#CC=CC(=O)OC(F)(F)C(F)(F)C(F)(F)C(F)F. The second-order valence-corrected chi connectivity index (χ2v) is 2.90. The van der Waals surface area contributed by atoms with Gasteiger partial charge in [-0.25, -0.2) is 13.6 Å². The molecule has 0 unspecified atom stereocenters. The summed E-state index contributed by atoms with van der Waals surface area (Å²) < 4.78 is 101. The van der Waals surface area contributed by atoms with Gasteiger partial charge in [0.25, 0.3) is 0 Å². The summed E-state index contributed by atoms with van der Waals surface area (Å²) in [5.74, 6) is -15.3. The van der Waals surface area contributed by atoms with Crippen molar-refractivity contribution in [2.45, 2.75) is 24.4 Å². The van der Waals surface area contributed by atoms with E-state index in [0.717, 1.165) is 6.07 Å². The van der Waals surface area contributed by atoms with Crippen LogP contribution in [0.4, 0.5) is 35.1 Å². The Bertz CT molecular complexity index is 411. The van der Waals surface area contributed by atoms with E-state index in [1.54, 1.807) is 0 Å². The summed E-state index contributed by atoms with van der Waals surface area (Å²) in [6.45, 7) is 0. The van der Waals surface area contributed by atoms with Crippen molar-refractivity contribution in [1.29, 1.82) is 5.26 Å². The summed E-state index contributed by atoms with van der Waals surface area (Å²) in [6, 6.07) is 1.09. The van der Waals surface area contributed by atoms with E-state index < -0.39 is 30.3 Å². The van der Waals surface area contributed by atoms with Gasteiger partial charge in [0.2, 0.25) is 0 Å². The van der Waals surface area contributed by atoms with Crippen LogP contribution in [-0.2, 0) is 9.53 Å². The minimum atomic E-state index is -6.63. The molecule has 0 aromatic carbocycles. The summed E-state index contributed by atoms with van der Waals surface area (Å²) in [7, 11) is 0. The van der Waals surface area contributed by atoms with E-state index in [0.29, 0.717) is 0 Å². The molecule has 108 valence electrons. The van der Waals surface area contributed by atoms with Crippen molar-refractivity contribution in [2.24, 2.45) is 0 Å². The van der Waals surface area contributed by atoms with Crippen LogP contribution in [-0.4, -0.2) is 30.3 Å². The molecule has 0 atom stereocenters. The van der Waals surface area contributed by atoms with Crippen molar-refractivity contribution in [2.75, 3.05) is 0 Å². The van der Waals surface area contributed by atoms with Crippen LogP contribution in [0.15, 0.2) is 12.2 Å².